The van der Waals surface area contributed by atoms with Crippen LogP contribution in [0.1, 0.15) is 90.4 Å². The van der Waals surface area contributed by atoms with Gasteiger partial charge in [-0.3, -0.25) is 9.32 Å². The minimum absolute atomic E-state index is 0.282. The van der Waals surface area contributed by atoms with Gasteiger partial charge in [-0.05, 0) is 32.1 Å². The molecular formula is C20H39O7P. The van der Waals surface area contributed by atoms with Gasteiger partial charge in [-0.25, -0.2) is 4.57 Å². The monoisotopic (exact) mass is 422 g/mol. The van der Waals surface area contributed by atoms with Crippen LogP contribution in [0.4, 0.5) is 0 Å². The van der Waals surface area contributed by atoms with Gasteiger partial charge in [-0.1, -0.05) is 64.0 Å². The van der Waals surface area contributed by atoms with Gasteiger partial charge in [-0.15, -0.1) is 0 Å². The highest BCUT2D eigenvalue weighted by atomic mass is 31.2. The maximum absolute atomic E-state index is 11.5. The molecule has 0 aromatic rings. The quantitative estimate of drug-likeness (QED) is 0.120. The highest BCUT2D eigenvalue weighted by Gasteiger charge is 2.17. The summed E-state index contributed by atoms with van der Waals surface area (Å²) in [6, 6.07) is 0. The molecule has 0 aliphatic rings. The number of phosphoric acid groups is 1. The molecule has 0 radical (unpaired) electrons. The number of hydrogen-bond donors (Lipinski definition) is 3. The molecule has 0 saturated heterocycles. The van der Waals surface area contributed by atoms with Crippen LogP contribution in [-0.2, 0) is 18.6 Å². The number of carbonyl (C=O) groups is 1. The molecule has 0 fully saturated rings. The van der Waals surface area contributed by atoms with Gasteiger partial charge >= 0.3 is 13.8 Å². The van der Waals surface area contributed by atoms with Crippen molar-refractivity contribution >= 4 is 13.8 Å². The fourth-order valence-corrected chi connectivity index (χ4v) is 3.02. The van der Waals surface area contributed by atoms with Crippen LogP contribution in [0.2, 0.25) is 0 Å². The summed E-state index contributed by atoms with van der Waals surface area (Å²) in [5.74, 6) is -0.419. The Morgan fingerprint density at radius 1 is 0.893 bits per heavy atom. The maximum Gasteiger partial charge on any atom is 0.469 e. The van der Waals surface area contributed by atoms with Gasteiger partial charge in [0.2, 0.25) is 0 Å². The molecule has 0 amide bonds. The first kappa shape index (κ1) is 27.3. The van der Waals surface area contributed by atoms with Crippen molar-refractivity contribution in [1.29, 1.82) is 0 Å². The number of aliphatic hydroxyl groups excluding tert-OH is 1. The van der Waals surface area contributed by atoms with E-state index in [4.69, 9.17) is 14.5 Å². The Labute approximate surface area is 169 Å². The minimum Gasteiger partial charge on any atom is -0.463 e. The van der Waals surface area contributed by atoms with Crippen LogP contribution in [0.5, 0.6) is 0 Å². The molecule has 0 aromatic carbocycles. The highest BCUT2D eigenvalue weighted by Crippen LogP contribution is 2.35. The van der Waals surface area contributed by atoms with Crippen LogP contribution in [0.3, 0.4) is 0 Å². The van der Waals surface area contributed by atoms with Crippen LogP contribution in [0, 0.1) is 0 Å². The van der Waals surface area contributed by atoms with Crippen LogP contribution < -0.4 is 0 Å². The number of phosphoric ester groups is 1. The van der Waals surface area contributed by atoms with Crippen LogP contribution in [0.15, 0.2) is 12.2 Å². The van der Waals surface area contributed by atoms with E-state index < -0.39 is 26.5 Å². The Kier molecular flexibility index (Phi) is 17.8. The summed E-state index contributed by atoms with van der Waals surface area (Å²) < 4.78 is 19.5. The first-order valence-electron chi connectivity index (χ1n) is 10.5. The maximum atomic E-state index is 11.5. The second-order valence-corrected chi connectivity index (χ2v) is 8.34. The third-order valence-corrected chi connectivity index (χ3v) is 4.75. The van der Waals surface area contributed by atoms with Gasteiger partial charge in [0.05, 0.1) is 6.61 Å². The van der Waals surface area contributed by atoms with E-state index in [9.17, 15) is 14.5 Å². The standard InChI is InChI=1S/C20H39O7P/c1-2-3-4-5-6-7-8-9-10-11-12-13-14-15-16-20(22)26-17-19(21)18-27-28(23,24)25/h8-9,19,21H,2-7,10-18H2,1H3,(H2,23,24,25)/b9-8-/t19-/m1/s1. The normalized spacial score (nSPS) is 13.1. The lowest BCUT2D eigenvalue weighted by molar-refractivity contribution is -0.147. The van der Waals surface area contributed by atoms with Crippen LogP contribution in [-0.4, -0.2) is 40.2 Å². The van der Waals surface area contributed by atoms with E-state index in [0.29, 0.717) is 0 Å². The first-order valence-corrected chi connectivity index (χ1v) is 12.1. The molecule has 0 aliphatic heterocycles. The zero-order valence-electron chi connectivity index (χ0n) is 17.3. The molecule has 1 atom stereocenters. The average Bonchev–Trinajstić information content (AvgIpc) is 2.64. The summed E-state index contributed by atoms with van der Waals surface area (Å²) in [7, 11) is -4.62. The molecule has 0 bridgehead atoms. The Morgan fingerprint density at radius 3 is 2.00 bits per heavy atom. The van der Waals surface area contributed by atoms with Crippen molar-refractivity contribution in [2.75, 3.05) is 13.2 Å². The number of ether oxygens (including phenoxy) is 1. The van der Waals surface area contributed by atoms with Crippen LogP contribution in [0.25, 0.3) is 0 Å². The van der Waals surface area contributed by atoms with Crippen molar-refractivity contribution in [2.45, 2.75) is 96.5 Å². The SMILES string of the molecule is CCCCCCC/C=C\CCCCCCCC(=O)OC[C@@H](O)COP(=O)(O)O. The zero-order chi connectivity index (χ0) is 21.1. The molecule has 7 nitrogen and oxygen atoms in total. The van der Waals surface area contributed by atoms with Gasteiger partial charge in [0.15, 0.2) is 0 Å². The Balaban J connectivity index is 3.39. The summed E-state index contributed by atoms with van der Waals surface area (Å²) in [4.78, 5) is 28.5. The molecule has 0 aliphatic carbocycles. The topological polar surface area (TPSA) is 113 Å². The number of carbonyl (C=O) groups excluding carboxylic acids is 1. The summed E-state index contributed by atoms with van der Waals surface area (Å²) in [6.45, 7) is 1.32. The highest BCUT2D eigenvalue weighted by molar-refractivity contribution is 7.46. The summed E-state index contributed by atoms with van der Waals surface area (Å²) in [5.41, 5.74) is 0. The molecule has 28 heavy (non-hydrogen) atoms. The molecule has 0 aromatic heterocycles. The van der Waals surface area contributed by atoms with Crippen molar-refractivity contribution in [3.63, 3.8) is 0 Å². The van der Waals surface area contributed by atoms with E-state index in [0.717, 1.165) is 32.1 Å². The Morgan fingerprint density at radius 2 is 1.43 bits per heavy atom. The van der Waals surface area contributed by atoms with Gasteiger partial charge in [0, 0.05) is 6.42 Å². The van der Waals surface area contributed by atoms with Crippen molar-refractivity contribution in [1.82, 2.24) is 0 Å². The van der Waals surface area contributed by atoms with E-state index in [1.165, 1.54) is 44.9 Å². The van der Waals surface area contributed by atoms with E-state index in [-0.39, 0.29) is 13.0 Å². The van der Waals surface area contributed by atoms with Gasteiger partial charge < -0.3 is 19.6 Å². The van der Waals surface area contributed by atoms with Crippen LogP contribution >= 0.6 is 7.82 Å². The minimum atomic E-state index is -4.62. The fraction of sp³-hybridized carbons (Fsp3) is 0.850. The fourth-order valence-electron chi connectivity index (χ4n) is 2.66. The Hall–Kier alpha value is -0.720. The molecule has 0 heterocycles. The van der Waals surface area contributed by atoms with Gasteiger partial charge in [0.25, 0.3) is 0 Å². The molecule has 166 valence electrons. The second kappa shape index (κ2) is 18.3. The summed E-state index contributed by atoms with van der Waals surface area (Å²) >= 11 is 0. The number of unbranched alkanes of at least 4 members (excludes halogenated alkanes) is 10. The van der Waals surface area contributed by atoms with E-state index in [1.807, 2.05) is 0 Å². The lowest BCUT2D eigenvalue weighted by Gasteiger charge is -2.12. The van der Waals surface area contributed by atoms with Gasteiger partial charge in [-0.2, -0.15) is 0 Å². The molecule has 0 rings (SSSR count). The third-order valence-electron chi connectivity index (χ3n) is 4.26. The molecule has 0 spiro atoms. The zero-order valence-corrected chi connectivity index (χ0v) is 18.2. The van der Waals surface area contributed by atoms with E-state index >= 15 is 0 Å². The Bertz CT molecular complexity index is 448. The largest absolute Gasteiger partial charge is 0.469 e. The number of hydrogen-bond acceptors (Lipinski definition) is 5. The number of rotatable bonds is 19. The van der Waals surface area contributed by atoms with Gasteiger partial charge in [0.1, 0.15) is 12.7 Å². The molecule has 8 heteroatoms. The molecule has 0 unspecified atom stereocenters. The van der Waals surface area contributed by atoms with E-state index in [2.05, 4.69) is 23.6 Å². The predicted molar refractivity (Wildman–Crippen MR) is 110 cm³/mol. The van der Waals surface area contributed by atoms with Crippen molar-refractivity contribution in [2.24, 2.45) is 0 Å². The molecule has 3 N–H and O–H groups in total. The van der Waals surface area contributed by atoms with Crippen molar-refractivity contribution in [3.05, 3.63) is 12.2 Å². The number of esters is 1. The summed E-state index contributed by atoms with van der Waals surface area (Å²) in [5, 5.41) is 9.40. The number of allylic oxidation sites excluding steroid dienone is 2. The number of aliphatic hydroxyl groups is 1. The summed E-state index contributed by atoms with van der Waals surface area (Å²) in [6.07, 6.45) is 17.6. The second-order valence-electron chi connectivity index (χ2n) is 7.10. The first-order chi connectivity index (χ1) is 13.3. The van der Waals surface area contributed by atoms with Crippen molar-refractivity contribution < 1.29 is 33.5 Å². The van der Waals surface area contributed by atoms with Crippen molar-refractivity contribution in [3.8, 4) is 0 Å². The molecular weight excluding hydrogens is 383 g/mol. The molecule has 0 saturated carbocycles. The lowest BCUT2D eigenvalue weighted by Crippen LogP contribution is -2.23. The van der Waals surface area contributed by atoms with E-state index in [1.54, 1.807) is 0 Å². The lowest BCUT2D eigenvalue weighted by atomic mass is 10.1. The smallest absolute Gasteiger partial charge is 0.463 e. The predicted octanol–water partition coefficient (Wildman–Crippen LogP) is 4.65. The third kappa shape index (κ3) is 21.6. The average molecular weight is 422 g/mol.